The number of hydrogen-bond donors (Lipinski definition) is 3. The molecule has 0 aliphatic rings. The molecule has 0 heterocycles. The summed E-state index contributed by atoms with van der Waals surface area (Å²) in [7, 11) is 4.23. The second-order valence-corrected chi connectivity index (χ2v) is 6.19. The van der Waals surface area contributed by atoms with E-state index in [1.54, 1.807) is 0 Å². The van der Waals surface area contributed by atoms with Crippen LogP contribution in [-0.4, -0.2) is 47.5 Å². The molecule has 0 spiro atoms. The number of hydrogen-bond acceptors (Lipinski definition) is 4. The molecule has 0 unspecified atom stereocenters. The molecule has 4 nitrogen and oxygen atoms in total. The highest BCUT2D eigenvalue weighted by Crippen LogP contribution is 1.96. The maximum absolute atomic E-state index is 3.36. The van der Waals surface area contributed by atoms with Crippen LogP contribution < -0.4 is 14.9 Å². The first kappa shape index (κ1) is 12.1. The lowest BCUT2D eigenvalue weighted by molar-refractivity contribution is 0.428. The van der Waals surface area contributed by atoms with Crippen LogP contribution in [0, 0.1) is 0 Å². The highest BCUT2D eigenvalue weighted by molar-refractivity contribution is 6.69. The van der Waals surface area contributed by atoms with E-state index >= 15 is 0 Å². The van der Waals surface area contributed by atoms with E-state index in [0.717, 1.165) is 13.1 Å². The monoisotopic (exact) mass is 190 g/mol. The highest BCUT2D eigenvalue weighted by atomic mass is 28.4. The minimum absolute atomic E-state index is 1.06. The molecule has 0 atom stereocenters. The largest absolute Gasteiger partial charge is 0.368 e. The average molecular weight is 190 g/mol. The second kappa shape index (κ2) is 5.66. The molecule has 0 amide bonds. The van der Waals surface area contributed by atoms with Gasteiger partial charge in [0.05, 0.1) is 0 Å². The van der Waals surface area contributed by atoms with Crippen molar-refractivity contribution in [1.29, 1.82) is 0 Å². The van der Waals surface area contributed by atoms with Crippen molar-refractivity contribution in [1.82, 2.24) is 19.5 Å². The van der Waals surface area contributed by atoms with Gasteiger partial charge in [0.25, 0.3) is 0 Å². The predicted octanol–water partition coefficient (Wildman–Crippen LogP) is -0.578. The van der Waals surface area contributed by atoms with Gasteiger partial charge in [-0.15, -0.1) is 0 Å². The fourth-order valence-electron chi connectivity index (χ4n) is 1.55. The van der Waals surface area contributed by atoms with Crippen molar-refractivity contribution in [3.8, 4) is 0 Å². The zero-order valence-corrected chi connectivity index (χ0v) is 9.86. The summed E-state index contributed by atoms with van der Waals surface area (Å²) in [6, 6.07) is 0. The van der Waals surface area contributed by atoms with E-state index in [4.69, 9.17) is 0 Å². The normalized spacial score (nSPS) is 12.5. The molecule has 5 heteroatoms. The Morgan fingerprint density at radius 2 is 1.25 bits per heavy atom. The Morgan fingerprint density at radius 1 is 0.917 bits per heavy atom. The Labute approximate surface area is 77.0 Å². The summed E-state index contributed by atoms with van der Waals surface area (Å²) in [4.78, 5) is 10.1. The van der Waals surface area contributed by atoms with E-state index < -0.39 is 8.72 Å². The van der Waals surface area contributed by atoms with Crippen LogP contribution in [0.15, 0.2) is 0 Å². The van der Waals surface area contributed by atoms with Gasteiger partial charge in [-0.2, -0.15) is 0 Å². The number of rotatable bonds is 6. The SMILES string of the molecule is CCN(CC)[Si](NC)(NC)NC. The first-order valence-corrected chi connectivity index (χ1v) is 6.47. The molecule has 0 saturated heterocycles. The number of nitrogens with one attached hydrogen (secondary N) is 3. The Hall–Kier alpha value is 0.0569. The van der Waals surface area contributed by atoms with Crippen LogP contribution in [0.25, 0.3) is 0 Å². The van der Waals surface area contributed by atoms with Crippen molar-refractivity contribution in [2.75, 3.05) is 34.2 Å². The molecule has 0 aromatic rings. The van der Waals surface area contributed by atoms with E-state index in [-0.39, 0.29) is 0 Å². The van der Waals surface area contributed by atoms with E-state index in [1.165, 1.54) is 0 Å². The highest BCUT2D eigenvalue weighted by Gasteiger charge is 2.35. The van der Waals surface area contributed by atoms with Gasteiger partial charge in [-0.25, -0.2) is 0 Å². The molecule has 12 heavy (non-hydrogen) atoms. The summed E-state index contributed by atoms with van der Waals surface area (Å²) < 4.78 is 2.41. The van der Waals surface area contributed by atoms with Crippen LogP contribution in [0.2, 0.25) is 0 Å². The van der Waals surface area contributed by atoms with Crippen LogP contribution in [0.5, 0.6) is 0 Å². The maximum Gasteiger partial charge on any atom is 0.368 e. The van der Waals surface area contributed by atoms with Gasteiger partial charge in [0, 0.05) is 0 Å². The molecule has 0 saturated carbocycles. The smallest absolute Gasteiger partial charge is 0.303 e. The molecule has 0 aromatic heterocycles. The van der Waals surface area contributed by atoms with Crippen molar-refractivity contribution in [2.24, 2.45) is 0 Å². The topological polar surface area (TPSA) is 39.3 Å². The van der Waals surface area contributed by atoms with Gasteiger partial charge in [-0.3, -0.25) is 4.57 Å². The number of nitrogens with zero attached hydrogens (tertiary/aromatic N) is 1. The molecule has 0 bridgehead atoms. The van der Waals surface area contributed by atoms with Gasteiger partial charge in [0.1, 0.15) is 0 Å². The standard InChI is InChI=1S/C7H22N4Si/c1-6-11(7-2)12(8-3,9-4)10-5/h8-10H,6-7H2,1-5H3. The summed E-state index contributed by atoms with van der Waals surface area (Å²) in [5.41, 5.74) is 0. The molecule has 0 fully saturated rings. The molecule has 0 aliphatic heterocycles. The summed E-state index contributed by atoms with van der Waals surface area (Å²) in [5, 5.41) is 0. The predicted molar refractivity (Wildman–Crippen MR) is 55.9 cm³/mol. The minimum Gasteiger partial charge on any atom is -0.303 e. The van der Waals surface area contributed by atoms with Crippen LogP contribution in [0.3, 0.4) is 0 Å². The Kier molecular flexibility index (Phi) is 5.69. The summed E-state index contributed by atoms with van der Waals surface area (Å²) in [6.07, 6.45) is 0. The Balaban J connectivity index is 4.42. The van der Waals surface area contributed by atoms with Crippen molar-refractivity contribution in [3.63, 3.8) is 0 Å². The maximum atomic E-state index is 3.36. The van der Waals surface area contributed by atoms with E-state index in [2.05, 4.69) is 33.4 Å². The zero-order valence-electron chi connectivity index (χ0n) is 8.86. The first-order valence-electron chi connectivity index (χ1n) is 4.52. The third kappa shape index (κ3) is 2.27. The van der Waals surface area contributed by atoms with Gasteiger partial charge in [-0.05, 0) is 34.2 Å². The second-order valence-electron chi connectivity index (χ2n) is 2.63. The lowest BCUT2D eigenvalue weighted by Crippen LogP contribution is -2.79. The third-order valence-electron chi connectivity index (χ3n) is 2.32. The molecule has 3 N–H and O–H groups in total. The fraction of sp³-hybridized carbons (Fsp3) is 1.00. The molecule has 0 aromatic carbocycles. The van der Waals surface area contributed by atoms with Crippen LogP contribution in [0.4, 0.5) is 0 Å². The lowest BCUT2D eigenvalue weighted by atomic mass is 10.7. The lowest BCUT2D eigenvalue weighted by Gasteiger charge is -2.38. The molecule has 0 radical (unpaired) electrons. The summed E-state index contributed by atoms with van der Waals surface area (Å²) >= 11 is 0. The quantitative estimate of drug-likeness (QED) is 0.490. The molecular formula is C7H22N4Si. The zero-order chi connectivity index (χ0) is 9.61. The summed E-state index contributed by atoms with van der Waals surface area (Å²) in [6.45, 7) is 6.48. The molecule has 74 valence electrons. The third-order valence-corrected chi connectivity index (χ3v) is 6.08. The van der Waals surface area contributed by atoms with Gasteiger partial charge in [0.2, 0.25) is 0 Å². The van der Waals surface area contributed by atoms with E-state index in [0.29, 0.717) is 0 Å². The van der Waals surface area contributed by atoms with Gasteiger partial charge >= 0.3 is 8.72 Å². The van der Waals surface area contributed by atoms with Crippen LogP contribution in [0.1, 0.15) is 13.8 Å². The van der Waals surface area contributed by atoms with Crippen molar-refractivity contribution in [3.05, 3.63) is 0 Å². The van der Waals surface area contributed by atoms with Crippen molar-refractivity contribution in [2.45, 2.75) is 13.8 Å². The van der Waals surface area contributed by atoms with Crippen molar-refractivity contribution >= 4 is 8.72 Å². The average Bonchev–Trinajstić information content (AvgIpc) is 2.14. The fourth-order valence-corrected chi connectivity index (χ4v) is 4.19. The van der Waals surface area contributed by atoms with Gasteiger partial charge < -0.3 is 14.9 Å². The minimum atomic E-state index is -1.76. The Morgan fingerprint density at radius 3 is 1.33 bits per heavy atom. The van der Waals surface area contributed by atoms with E-state index in [9.17, 15) is 0 Å². The van der Waals surface area contributed by atoms with Gasteiger partial charge in [-0.1, -0.05) is 13.8 Å². The van der Waals surface area contributed by atoms with E-state index in [1.807, 2.05) is 21.1 Å². The molecular weight excluding hydrogens is 168 g/mol. The van der Waals surface area contributed by atoms with Crippen molar-refractivity contribution < 1.29 is 0 Å². The summed E-state index contributed by atoms with van der Waals surface area (Å²) in [5.74, 6) is 0. The molecule has 0 aliphatic carbocycles. The van der Waals surface area contributed by atoms with Crippen LogP contribution in [-0.2, 0) is 0 Å². The first-order chi connectivity index (χ1) is 5.70. The van der Waals surface area contributed by atoms with Crippen LogP contribution >= 0.6 is 0 Å². The molecule has 0 rings (SSSR count). The van der Waals surface area contributed by atoms with Gasteiger partial charge in [0.15, 0.2) is 0 Å². The Bertz CT molecular complexity index is 104.